The fourth-order valence-corrected chi connectivity index (χ4v) is 1.57. The summed E-state index contributed by atoms with van der Waals surface area (Å²) < 4.78 is 5.16. The van der Waals surface area contributed by atoms with Gasteiger partial charge >= 0.3 is 6.03 Å². The molecule has 0 saturated carbocycles. The van der Waals surface area contributed by atoms with Crippen LogP contribution in [-0.4, -0.2) is 56.2 Å². The lowest BCUT2D eigenvalue weighted by Gasteiger charge is -2.26. The average Bonchev–Trinajstić information content (AvgIpc) is 2.37. The molecule has 1 fully saturated rings. The number of rotatable bonds is 5. The predicted octanol–water partition coefficient (Wildman–Crippen LogP) is 0.191. The van der Waals surface area contributed by atoms with Gasteiger partial charge in [0.15, 0.2) is 0 Å². The molecule has 104 valence electrons. The van der Waals surface area contributed by atoms with Gasteiger partial charge in [0.2, 0.25) is 5.91 Å². The second-order valence-electron chi connectivity index (χ2n) is 4.78. The molecule has 0 bridgehead atoms. The summed E-state index contributed by atoms with van der Waals surface area (Å²) in [5.74, 6) is 0.419. The topological polar surface area (TPSA) is 70.7 Å². The van der Waals surface area contributed by atoms with Crippen LogP contribution in [0.2, 0.25) is 0 Å². The van der Waals surface area contributed by atoms with E-state index in [-0.39, 0.29) is 11.9 Å². The zero-order chi connectivity index (χ0) is 13.4. The van der Waals surface area contributed by atoms with E-state index in [0.717, 1.165) is 0 Å². The summed E-state index contributed by atoms with van der Waals surface area (Å²) in [6.07, 6.45) is 0.322. The average molecular weight is 257 g/mol. The minimum absolute atomic E-state index is 0.0222. The third kappa shape index (κ3) is 5.86. The van der Waals surface area contributed by atoms with Crippen molar-refractivity contribution in [1.29, 1.82) is 0 Å². The maximum atomic E-state index is 11.7. The van der Waals surface area contributed by atoms with Gasteiger partial charge < -0.3 is 20.3 Å². The van der Waals surface area contributed by atoms with E-state index in [0.29, 0.717) is 51.7 Å². The van der Waals surface area contributed by atoms with Crippen LogP contribution in [0.15, 0.2) is 0 Å². The van der Waals surface area contributed by atoms with Gasteiger partial charge in [0, 0.05) is 32.6 Å². The molecule has 0 aromatic carbocycles. The monoisotopic (exact) mass is 257 g/mol. The van der Waals surface area contributed by atoms with Gasteiger partial charge in [-0.3, -0.25) is 4.79 Å². The molecule has 6 heteroatoms. The molecule has 0 aliphatic carbocycles. The van der Waals surface area contributed by atoms with Crippen LogP contribution in [0.5, 0.6) is 0 Å². The van der Waals surface area contributed by atoms with Crippen LogP contribution < -0.4 is 10.6 Å². The van der Waals surface area contributed by atoms with Crippen molar-refractivity contribution >= 4 is 11.9 Å². The number of carbonyl (C=O) groups is 2. The standard InChI is InChI=1S/C12H23N3O3/c1-10(2)9-14-11(16)3-4-13-12(17)15-5-7-18-8-6-15/h10H,3-9H2,1-2H3,(H,13,17)(H,14,16). The number of ether oxygens (including phenoxy) is 1. The van der Waals surface area contributed by atoms with Gasteiger partial charge in [-0.15, -0.1) is 0 Å². The van der Waals surface area contributed by atoms with Crippen molar-refractivity contribution in [2.24, 2.45) is 5.92 Å². The number of hydrogen-bond acceptors (Lipinski definition) is 3. The first kappa shape index (κ1) is 14.8. The maximum absolute atomic E-state index is 11.7. The molecule has 1 heterocycles. The van der Waals surface area contributed by atoms with E-state index in [4.69, 9.17) is 4.74 Å². The number of carbonyl (C=O) groups excluding carboxylic acids is 2. The van der Waals surface area contributed by atoms with Crippen LogP contribution in [0.1, 0.15) is 20.3 Å². The van der Waals surface area contributed by atoms with Crippen LogP contribution >= 0.6 is 0 Å². The van der Waals surface area contributed by atoms with E-state index < -0.39 is 0 Å². The highest BCUT2D eigenvalue weighted by molar-refractivity contribution is 5.78. The molecule has 0 spiro atoms. The fourth-order valence-electron chi connectivity index (χ4n) is 1.57. The Labute approximate surface area is 108 Å². The van der Waals surface area contributed by atoms with Gasteiger partial charge in [-0.2, -0.15) is 0 Å². The molecule has 0 atom stereocenters. The van der Waals surface area contributed by atoms with Gasteiger partial charge in [0.25, 0.3) is 0 Å². The third-order valence-corrected chi connectivity index (χ3v) is 2.63. The van der Waals surface area contributed by atoms with Gasteiger partial charge in [0.05, 0.1) is 13.2 Å². The van der Waals surface area contributed by atoms with Crippen LogP contribution in [-0.2, 0) is 9.53 Å². The molecule has 2 N–H and O–H groups in total. The lowest BCUT2D eigenvalue weighted by molar-refractivity contribution is -0.121. The Balaban J connectivity index is 2.09. The first-order valence-corrected chi connectivity index (χ1v) is 6.47. The number of nitrogens with zero attached hydrogens (tertiary/aromatic N) is 1. The quantitative estimate of drug-likeness (QED) is 0.738. The first-order valence-electron chi connectivity index (χ1n) is 6.47. The first-order chi connectivity index (χ1) is 8.59. The second-order valence-corrected chi connectivity index (χ2v) is 4.78. The zero-order valence-corrected chi connectivity index (χ0v) is 11.2. The zero-order valence-electron chi connectivity index (χ0n) is 11.2. The number of nitrogens with one attached hydrogen (secondary N) is 2. The molecule has 1 saturated heterocycles. The van der Waals surface area contributed by atoms with Gasteiger partial charge in [-0.05, 0) is 5.92 Å². The molecule has 6 nitrogen and oxygen atoms in total. The minimum Gasteiger partial charge on any atom is -0.378 e. The van der Waals surface area contributed by atoms with E-state index in [1.807, 2.05) is 13.8 Å². The molecule has 1 aliphatic rings. The number of urea groups is 1. The number of morpholine rings is 1. The summed E-state index contributed by atoms with van der Waals surface area (Å²) in [7, 11) is 0. The molecule has 3 amide bonds. The summed E-state index contributed by atoms with van der Waals surface area (Å²) in [6, 6.07) is -0.116. The molecule has 0 unspecified atom stereocenters. The Morgan fingerprint density at radius 3 is 2.50 bits per heavy atom. The summed E-state index contributed by atoms with van der Waals surface area (Å²) in [6.45, 7) is 7.54. The van der Waals surface area contributed by atoms with Crippen molar-refractivity contribution < 1.29 is 14.3 Å². The SMILES string of the molecule is CC(C)CNC(=O)CCNC(=O)N1CCOCC1. The Morgan fingerprint density at radius 1 is 1.22 bits per heavy atom. The fraction of sp³-hybridized carbons (Fsp3) is 0.833. The van der Waals surface area contributed by atoms with Gasteiger partial charge in [-0.25, -0.2) is 4.79 Å². The Hall–Kier alpha value is -1.30. The van der Waals surface area contributed by atoms with E-state index >= 15 is 0 Å². The van der Waals surface area contributed by atoms with Crippen molar-refractivity contribution in [3.8, 4) is 0 Å². The molecule has 0 aromatic rings. The molecular formula is C12H23N3O3. The predicted molar refractivity (Wildman–Crippen MR) is 68.3 cm³/mol. The van der Waals surface area contributed by atoms with E-state index in [1.54, 1.807) is 4.90 Å². The highest BCUT2D eigenvalue weighted by Gasteiger charge is 2.16. The van der Waals surface area contributed by atoms with Crippen molar-refractivity contribution in [3.05, 3.63) is 0 Å². The van der Waals surface area contributed by atoms with Crippen LogP contribution in [0, 0.1) is 5.92 Å². The molecular weight excluding hydrogens is 234 g/mol. The lowest BCUT2D eigenvalue weighted by Crippen LogP contribution is -2.46. The Bertz CT molecular complexity index is 276. The molecule has 1 aliphatic heterocycles. The highest BCUT2D eigenvalue weighted by atomic mass is 16.5. The smallest absolute Gasteiger partial charge is 0.317 e. The van der Waals surface area contributed by atoms with Crippen molar-refractivity contribution in [1.82, 2.24) is 15.5 Å². The van der Waals surface area contributed by atoms with E-state index in [9.17, 15) is 9.59 Å². The summed E-state index contributed by atoms with van der Waals surface area (Å²) in [4.78, 5) is 24.8. The van der Waals surface area contributed by atoms with Crippen LogP contribution in [0.3, 0.4) is 0 Å². The van der Waals surface area contributed by atoms with Crippen molar-refractivity contribution in [3.63, 3.8) is 0 Å². The lowest BCUT2D eigenvalue weighted by atomic mass is 10.2. The van der Waals surface area contributed by atoms with Gasteiger partial charge in [-0.1, -0.05) is 13.8 Å². The highest BCUT2D eigenvalue weighted by Crippen LogP contribution is 1.96. The largest absolute Gasteiger partial charge is 0.378 e. The summed E-state index contributed by atoms with van der Waals surface area (Å²) in [5.41, 5.74) is 0. The van der Waals surface area contributed by atoms with E-state index in [1.165, 1.54) is 0 Å². The van der Waals surface area contributed by atoms with Crippen LogP contribution in [0.4, 0.5) is 4.79 Å². The van der Waals surface area contributed by atoms with Crippen molar-refractivity contribution in [2.45, 2.75) is 20.3 Å². The molecule has 0 aromatic heterocycles. The Kier molecular flexibility index (Phi) is 6.49. The molecule has 18 heavy (non-hydrogen) atoms. The molecule has 1 rings (SSSR count). The summed E-state index contributed by atoms with van der Waals surface area (Å²) in [5, 5.41) is 5.55. The molecule has 0 radical (unpaired) electrons. The van der Waals surface area contributed by atoms with Crippen molar-refractivity contribution in [2.75, 3.05) is 39.4 Å². The second kappa shape index (κ2) is 7.92. The van der Waals surface area contributed by atoms with E-state index in [2.05, 4.69) is 10.6 Å². The number of amides is 3. The summed E-state index contributed by atoms with van der Waals surface area (Å²) >= 11 is 0. The maximum Gasteiger partial charge on any atom is 0.317 e. The normalized spacial score (nSPS) is 15.6. The number of hydrogen-bond donors (Lipinski definition) is 2. The minimum atomic E-state index is -0.116. The van der Waals surface area contributed by atoms with Gasteiger partial charge in [0.1, 0.15) is 0 Å². The Morgan fingerprint density at radius 2 is 1.89 bits per heavy atom. The third-order valence-electron chi connectivity index (χ3n) is 2.63. The van der Waals surface area contributed by atoms with Crippen LogP contribution in [0.25, 0.3) is 0 Å².